The van der Waals surface area contributed by atoms with Crippen molar-refractivity contribution < 1.29 is 0 Å². The van der Waals surface area contributed by atoms with Crippen LogP contribution in [-0.2, 0) is 13.6 Å². The van der Waals surface area contributed by atoms with E-state index in [1.165, 1.54) is 0 Å². The van der Waals surface area contributed by atoms with Gasteiger partial charge >= 0.3 is 0 Å². The molecule has 22 heavy (non-hydrogen) atoms. The number of rotatable bonds is 3. The van der Waals surface area contributed by atoms with Gasteiger partial charge in [0.05, 0.1) is 17.1 Å². The van der Waals surface area contributed by atoms with Gasteiger partial charge in [0.1, 0.15) is 0 Å². The number of hydrogen-bond donors (Lipinski definition) is 0. The number of aromatic nitrogens is 4. The summed E-state index contributed by atoms with van der Waals surface area (Å²) in [5.74, 6) is 0.410. The Bertz CT molecular complexity index is 895. The predicted octanol–water partition coefficient (Wildman–Crippen LogP) is 3.11. The number of benzene rings is 1. The highest BCUT2D eigenvalue weighted by molar-refractivity contribution is 6.29. The fourth-order valence-corrected chi connectivity index (χ4v) is 2.69. The fourth-order valence-electron chi connectivity index (χ4n) is 2.49. The molecule has 0 aliphatic heterocycles. The van der Waals surface area contributed by atoms with E-state index in [9.17, 15) is 4.79 Å². The third-order valence-electron chi connectivity index (χ3n) is 3.49. The van der Waals surface area contributed by atoms with Crippen LogP contribution in [0.25, 0.3) is 22.0 Å². The highest BCUT2D eigenvalue weighted by Gasteiger charge is 2.12. The van der Waals surface area contributed by atoms with Gasteiger partial charge in [-0.15, -0.1) is 0 Å². The summed E-state index contributed by atoms with van der Waals surface area (Å²) in [6, 6.07) is 5.76. The van der Waals surface area contributed by atoms with E-state index < -0.39 is 0 Å². The van der Waals surface area contributed by atoms with Crippen LogP contribution in [0, 0.1) is 5.92 Å². The van der Waals surface area contributed by atoms with E-state index in [1.807, 2.05) is 31.4 Å². The molecule has 0 fully saturated rings. The molecule has 0 atom stereocenters. The maximum atomic E-state index is 12.3. The molecular formula is C16H17ClN4O. The van der Waals surface area contributed by atoms with Crippen molar-refractivity contribution in [3.63, 3.8) is 0 Å². The average molecular weight is 317 g/mol. The van der Waals surface area contributed by atoms with Crippen molar-refractivity contribution in [1.29, 1.82) is 0 Å². The minimum absolute atomic E-state index is 0.0106. The maximum Gasteiger partial charge on any atom is 0.226 e. The first-order valence-corrected chi connectivity index (χ1v) is 7.53. The van der Waals surface area contributed by atoms with E-state index in [1.54, 1.807) is 15.6 Å². The summed E-state index contributed by atoms with van der Waals surface area (Å²) in [6.07, 6.45) is 3.69. The second-order valence-corrected chi connectivity index (χ2v) is 6.19. The van der Waals surface area contributed by atoms with Crippen LogP contribution in [0.2, 0.25) is 5.15 Å². The summed E-state index contributed by atoms with van der Waals surface area (Å²) < 4.78 is 3.53. The first-order valence-electron chi connectivity index (χ1n) is 7.15. The third-order valence-corrected chi connectivity index (χ3v) is 3.74. The fraction of sp³-hybridized carbons (Fsp3) is 0.312. The van der Waals surface area contributed by atoms with E-state index in [4.69, 9.17) is 11.6 Å². The van der Waals surface area contributed by atoms with Crippen LogP contribution in [0.5, 0.6) is 0 Å². The summed E-state index contributed by atoms with van der Waals surface area (Å²) >= 11 is 6.02. The molecule has 0 N–H and O–H groups in total. The normalized spacial score (nSPS) is 11.5. The average Bonchev–Trinajstić information content (AvgIpc) is 2.90. The molecule has 5 nitrogen and oxygen atoms in total. The van der Waals surface area contributed by atoms with Crippen LogP contribution in [0.1, 0.15) is 13.8 Å². The Morgan fingerprint density at radius 3 is 2.68 bits per heavy atom. The second kappa shape index (κ2) is 5.57. The molecule has 0 saturated carbocycles. The Morgan fingerprint density at radius 1 is 1.27 bits per heavy atom. The summed E-state index contributed by atoms with van der Waals surface area (Å²) in [5.41, 5.74) is 2.47. The number of nitrogens with zero attached hydrogens (tertiary/aromatic N) is 4. The van der Waals surface area contributed by atoms with Gasteiger partial charge in [0.15, 0.2) is 5.15 Å². The van der Waals surface area contributed by atoms with Crippen LogP contribution in [0.4, 0.5) is 0 Å². The molecular weight excluding hydrogens is 300 g/mol. The summed E-state index contributed by atoms with van der Waals surface area (Å²) in [6.45, 7) is 4.91. The van der Waals surface area contributed by atoms with E-state index in [-0.39, 0.29) is 10.6 Å². The Hall–Kier alpha value is -2.14. The van der Waals surface area contributed by atoms with Crippen molar-refractivity contribution in [1.82, 2.24) is 19.6 Å². The molecule has 0 bridgehead atoms. The zero-order valence-corrected chi connectivity index (χ0v) is 13.5. The molecule has 0 aliphatic rings. The van der Waals surface area contributed by atoms with Gasteiger partial charge in [0.25, 0.3) is 0 Å². The van der Waals surface area contributed by atoms with Gasteiger partial charge in [-0.05, 0) is 23.6 Å². The SMILES string of the molecule is CC(C)Cn1nc(Cl)c(=O)c2cc(-c3cnn(C)c3)ccc21. The molecule has 0 amide bonds. The highest BCUT2D eigenvalue weighted by atomic mass is 35.5. The van der Waals surface area contributed by atoms with Gasteiger partial charge in [0.2, 0.25) is 5.43 Å². The molecule has 114 valence electrons. The quantitative estimate of drug-likeness (QED) is 0.746. The lowest BCUT2D eigenvalue weighted by Gasteiger charge is -2.13. The summed E-state index contributed by atoms with van der Waals surface area (Å²) in [4.78, 5) is 12.3. The molecule has 0 aliphatic carbocycles. The minimum Gasteiger partial charge on any atom is -0.286 e. The monoisotopic (exact) mass is 316 g/mol. The highest BCUT2D eigenvalue weighted by Crippen LogP contribution is 2.23. The first kappa shape index (κ1) is 14.8. The van der Waals surface area contributed by atoms with Crippen LogP contribution < -0.4 is 5.43 Å². The lowest BCUT2D eigenvalue weighted by molar-refractivity contribution is 0.490. The molecule has 6 heteroatoms. The Balaban J connectivity index is 2.23. The smallest absolute Gasteiger partial charge is 0.226 e. The van der Waals surface area contributed by atoms with E-state index in [2.05, 4.69) is 24.0 Å². The van der Waals surface area contributed by atoms with Gasteiger partial charge in [0, 0.05) is 25.4 Å². The number of fused-ring (bicyclic) bond motifs is 1. The van der Waals surface area contributed by atoms with Gasteiger partial charge in [-0.25, -0.2) is 0 Å². The van der Waals surface area contributed by atoms with Crippen LogP contribution in [0.3, 0.4) is 0 Å². The molecule has 3 aromatic rings. The van der Waals surface area contributed by atoms with Crippen molar-refractivity contribution >= 4 is 22.5 Å². The lowest BCUT2D eigenvalue weighted by atomic mass is 10.1. The largest absolute Gasteiger partial charge is 0.286 e. The molecule has 3 rings (SSSR count). The van der Waals surface area contributed by atoms with Gasteiger partial charge in [-0.1, -0.05) is 31.5 Å². The Morgan fingerprint density at radius 2 is 2.05 bits per heavy atom. The lowest BCUT2D eigenvalue weighted by Crippen LogP contribution is -2.16. The Labute approximate surface area is 133 Å². The van der Waals surface area contributed by atoms with Crippen LogP contribution in [0.15, 0.2) is 35.4 Å². The van der Waals surface area contributed by atoms with E-state index in [0.717, 1.165) is 16.6 Å². The first-order chi connectivity index (χ1) is 10.5. The van der Waals surface area contributed by atoms with Gasteiger partial charge in [-0.3, -0.25) is 14.2 Å². The van der Waals surface area contributed by atoms with Crippen LogP contribution >= 0.6 is 11.6 Å². The molecule has 0 unspecified atom stereocenters. The molecule has 0 spiro atoms. The van der Waals surface area contributed by atoms with E-state index >= 15 is 0 Å². The molecule has 0 radical (unpaired) electrons. The topological polar surface area (TPSA) is 52.7 Å². The van der Waals surface area contributed by atoms with Crippen molar-refractivity contribution in [2.75, 3.05) is 0 Å². The van der Waals surface area contributed by atoms with Crippen molar-refractivity contribution in [2.45, 2.75) is 20.4 Å². The molecule has 2 aromatic heterocycles. The summed E-state index contributed by atoms with van der Waals surface area (Å²) in [5, 5.41) is 8.96. The molecule has 1 aromatic carbocycles. The number of hydrogen-bond acceptors (Lipinski definition) is 3. The Kier molecular flexibility index (Phi) is 3.74. The zero-order valence-electron chi connectivity index (χ0n) is 12.7. The minimum atomic E-state index is -0.234. The zero-order chi connectivity index (χ0) is 15.9. The maximum absolute atomic E-state index is 12.3. The third kappa shape index (κ3) is 2.64. The number of aryl methyl sites for hydroxylation is 1. The van der Waals surface area contributed by atoms with Gasteiger partial charge < -0.3 is 0 Å². The van der Waals surface area contributed by atoms with Gasteiger partial charge in [-0.2, -0.15) is 10.2 Å². The van der Waals surface area contributed by atoms with Crippen LogP contribution in [-0.4, -0.2) is 19.6 Å². The second-order valence-electron chi connectivity index (χ2n) is 5.83. The standard InChI is InChI=1S/C16H17ClN4O/c1-10(2)8-21-14-5-4-11(12-7-18-20(3)9-12)6-13(14)15(22)16(17)19-21/h4-7,9-10H,8H2,1-3H3. The molecule has 0 saturated heterocycles. The van der Waals surface area contributed by atoms with E-state index in [0.29, 0.717) is 17.8 Å². The van der Waals surface area contributed by atoms with Crippen molar-refractivity contribution in [3.8, 4) is 11.1 Å². The number of halogens is 1. The summed E-state index contributed by atoms with van der Waals surface area (Å²) in [7, 11) is 1.86. The molecule has 2 heterocycles. The van der Waals surface area contributed by atoms with Crippen molar-refractivity contribution in [2.24, 2.45) is 13.0 Å². The van der Waals surface area contributed by atoms with Crippen molar-refractivity contribution in [3.05, 3.63) is 46.0 Å². The predicted molar refractivity (Wildman–Crippen MR) is 88.1 cm³/mol.